The average Bonchev–Trinajstić information content (AvgIpc) is 3.11. The fourth-order valence-electron chi connectivity index (χ4n) is 1.79. The summed E-state index contributed by atoms with van der Waals surface area (Å²) in [6.45, 7) is -1.96. The van der Waals surface area contributed by atoms with Crippen molar-refractivity contribution >= 4 is 17.8 Å². The van der Waals surface area contributed by atoms with E-state index in [1.807, 2.05) is 0 Å². The third-order valence-corrected chi connectivity index (χ3v) is 2.92. The standard InChI is InChI=1S/C11H14F3NO5/c1-20-8(16)2-3-15(5-11(12,13)14)9(17)6-4-7(6)10(18)19/h6-7H,2-5H2,1H3,(H,18,19). The summed E-state index contributed by atoms with van der Waals surface area (Å²) in [7, 11) is 1.08. The molecule has 1 aliphatic rings. The van der Waals surface area contributed by atoms with E-state index in [1.54, 1.807) is 0 Å². The van der Waals surface area contributed by atoms with Crippen LogP contribution in [0.4, 0.5) is 13.2 Å². The summed E-state index contributed by atoms with van der Waals surface area (Å²) in [5, 5.41) is 8.68. The molecule has 1 aliphatic carbocycles. The molecule has 0 bridgehead atoms. The second kappa shape index (κ2) is 6.10. The zero-order chi connectivity index (χ0) is 15.5. The van der Waals surface area contributed by atoms with Crippen LogP contribution in [0.3, 0.4) is 0 Å². The van der Waals surface area contributed by atoms with E-state index < -0.39 is 48.9 Å². The lowest BCUT2D eigenvalue weighted by Crippen LogP contribution is -2.41. The molecule has 1 amide bonds. The maximum atomic E-state index is 12.4. The van der Waals surface area contributed by atoms with Crippen molar-refractivity contribution in [3.05, 3.63) is 0 Å². The van der Waals surface area contributed by atoms with Crippen LogP contribution < -0.4 is 0 Å². The Kier molecular flexibility index (Phi) is 4.96. The molecule has 114 valence electrons. The van der Waals surface area contributed by atoms with Crippen LogP contribution in [0.2, 0.25) is 0 Å². The molecular formula is C11H14F3NO5. The number of hydrogen-bond donors (Lipinski definition) is 1. The Balaban J connectivity index is 2.65. The second-order valence-electron chi connectivity index (χ2n) is 4.49. The minimum Gasteiger partial charge on any atom is -0.481 e. The highest BCUT2D eigenvalue weighted by molar-refractivity contribution is 5.89. The lowest BCUT2D eigenvalue weighted by molar-refractivity contribution is -0.164. The predicted octanol–water partition coefficient (Wildman–Crippen LogP) is 0.661. The molecule has 2 atom stereocenters. The van der Waals surface area contributed by atoms with Gasteiger partial charge in [-0.3, -0.25) is 14.4 Å². The van der Waals surface area contributed by atoms with E-state index in [2.05, 4.69) is 4.74 Å². The third-order valence-electron chi connectivity index (χ3n) is 2.92. The molecular weight excluding hydrogens is 283 g/mol. The van der Waals surface area contributed by atoms with Gasteiger partial charge in [0.05, 0.1) is 25.4 Å². The third kappa shape index (κ3) is 4.71. The number of amides is 1. The molecule has 1 fully saturated rings. The molecule has 1 N–H and O–H groups in total. The van der Waals surface area contributed by atoms with Crippen molar-refractivity contribution < 1.29 is 37.4 Å². The van der Waals surface area contributed by atoms with Crippen LogP contribution in [0.15, 0.2) is 0 Å². The Bertz CT molecular complexity index is 409. The van der Waals surface area contributed by atoms with E-state index in [9.17, 15) is 27.6 Å². The summed E-state index contributed by atoms with van der Waals surface area (Å²) in [5.74, 6) is -4.71. The van der Waals surface area contributed by atoms with Gasteiger partial charge in [0.15, 0.2) is 0 Å². The van der Waals surface area contributed by atoms with Gasteiger partial charge in [0.1, 0.15) is 6.54 Å². The van der Waals surface area contributed by atoms with Crippen molar-refractivity contribution in [2.75, 3.05) is 20.2 Å². The van der Waals surface area contributed by atoms with E-state index in [-0.39, 0.29) is 12.8 Å². The van der Waals surface area contributed by atoms with Crippen molar-refractivity contribution in [1.82, 2.24) is 4.90 Å². The van der Waals surface area contributed by atoms with Crippen LogP contribution in [-0.4, -0.2) is 54.2 Å². The largest absolute Gasteiger partial charge is 0.481 e. The first kappa shape index (κ1) is 16.3. The van der Waals surface area contributed by atoms with Gasteiger partial charge in [-0.1, -0.05) is 0 Å². The van der Waals surface area contributed by atoms with Gasteiger partial charge in [0.25, 0.3) is 0 Å². The van der Waals surface area contributed by atoms with E-state index >= 15 is 0 Å². The Morgan fingerprint density at radius 1 is 1.30 bits per heavy atom. The fourth-order valence-corrected chi connectivity index (χ4v) is 1.79. The van der Waals surface area contributed by atoms with Crippen LogP contribution in [0.25, 0.3) is 0 Å². The van der Waals surface area contributed by atoms with Gasteiger partial charge in [-0.2, -0.15) is 13.2 Å². The van der Waals surface area contributed by atoms with E-state index in [1.165, 1.54) is 0 Å². The van der Waals surface area contributed by atoms with Gasteiger partial charge in [-0.15, -0.1) is 0 Å². The Hall–Kier alpha value is -1.80. The lowest BCUT2D eigenvalue weighted by Gasteiger charge is -2.23. The number of methoxy groups -OCH3 is 1. The van der Waals surface area contributed by atoms with Crippen LogP contribution in [0, 0.1) is 11.8 Å². The molecule has 0 aromatic heterocycles. The number of carboxylic acids is 1. The topological polar surface area (TPSA) is 83.9 Å². The number of ether oxygens (including phenoxy) is 1. The van der Waals surface area contributed by atoms with Crippen LogP contribution in [-0.2, 0) is 19.1 Å². The first-order valence-electron chi connectivity index (χ1n) is 5.81. The zero-order valence-electron chi connectivity index (χ0n) is 10.6. The van der Waals surface area contributed by atoms with Gasteiger partial charge in [0, 0.05) is 6.54 Å². The lowest BCUT2D eigenvalue weighted by atomic mass is 10.2. The summed E-state index contributed by atoms with van der Waals surface area (Å²) >= 11 is 0. The summed E-state index contributed by atoms with van der Waals surface area (Å²) in [4.78, 5) is 33.8. The smallest absolute Gasteiger partial charge is 0.406 e. The van der Waals surface area contributed by atoms with Crippen molar-refractivity contribution in [3.8, 4) is 0 Å². The van der Waals surface area contributed by atoms with Crippen molar-refractivity contribution in [3.63, 3.8) is 0 Å². The van der Waals surface area contributed by atoms with Gasteiger partial charge < -0.3 is 14.7 Å². The van der Waals surface area contributed by atoms with Crippen LogP contribution in [0.5, 0.6) is 0 Å². The number of carbonyl (C=O) groups is 3. The predicted molar refractivity (Wildman–Crippen MR) is 58.5 cm³/mol. The first-order valence-corrected chi connectivity index (χ1v) is 5.81. The number of carboxylic acid groups (broad SMARTS) is 1. The molecule has 0 spiro atoms. The number of halogens is 3. The molecule has 0 aliphatic heterocycles. The van der Waals surface area contributed by atoms with Gasteiger partial charge in [-0.05, 0) is 6.42 Å². The molecule has 1 rings (SSSR count). The number of aliphatic carboxylic acids is 1. The Morgan fingerprint density at radius 3 is 2.30 bits per heavy atom. The van der Waals surface area contributed by atoms with Gasteiger partial charge >= 0.3 is 18.1 Å². The Morgan fingerprint density at radius 2 is 1.90 bits per heavy atom. The fraction of sp³-hybridized carbons (Fsp3) is 0.727. The zero-order valence-corrected chi connectivity index (χ0v) is 10.6. The maximum Gasteiger partial charge on any atom is 0.406 e. The molecule has 2 unspecified atom stereocenters. The molecule has 0 aromatic carbocycles. The highest BCUT2D eigenvalue weighted by atomic mass is 19.4. The average molecular weight is 297 g/mol. The van der Waals surface area contributed by atoms with E-state index in [0.29, 0.717) is 4.90 Å². The monoisotopic (exact) mass is 297 g/mol. The molecule has 0 aromatic rings. The molecule has 0 saturated heterocycles. The number of carbonyl (C=O) groups excluding carboxylic acids is 2. The second-order valence-corrected chi connectivity index (χ2v) is 4.49. The Labute approximate surface area is 112 Å². The van der Waals surface area contributed by atoms with E-state index in [0.717, 1.165) is 7.11 Å². The number of hydrogen-bond acceptors (Lipinski definition) is 4. The normalized spacial score (nSPS) is 21.2. The molecule has 6 nitrogen and oxygen atoms in total. The van der Waals surface area contributed by atoms with Crippen molar-refractivity contribution in [2.24, 2.45) is 11.8 Å². The maximum absolute atomic E-state index is 12.4. The highest BCUT2D eigenvalue weighted by Crippen LogP contribution is 2.40. The summed E-state index contributed by atoms with van der Waals surface area (Å²) in [5.41, 5.74) is 0. The molecule has 0 heterocycles. The number of rotatable bonds is 6. The summed E-state index contributed by atoms with van der Waals surface area (Å²) in [6, 6.07) is 0. The molecule has 20 heavy (non-hydrogen) atoms. The SMILES string of the molecule is COC(=O)CCN(CC(F)(F)F)C(=O)C1CC1C(=O)O. The number of alkyl halides is 3. The summed E-state index contributed by atoms with van der Waals surface area (Å²) in [6.07, 6.45) is -4.96. The molecule has 1 saturated carbocycles. The number of esters is 1. The first-order chi connectivity index (χ1) is 9.15. The highest BCUT2D eigenvalue weighted by Gasteiger charge is 2.50. The molecule has 9 heteroatoms. The van der Waals surface area contributed by atoms with Crippen molar-refractivity contribution in [2.45, 2.75) is 19.0 Å². The quantitative estimate of drug-likeness (QED) is 0.728. The van der Waals surface area contributed by atoms with Crippen molar-refractivity contribution in [1.29, 1.82) is 0 Å². The minimum absolute atomic E-state index is 0.0285. The van der Waals surface area contributed by atoms with Crippen LogP contribution in [0.1, 0.15) is 12.8 Å². The van der Waals surface area contributed by atoms with Crippen LogP contribution >= 0.6 is 0 Å². The van der Waals surface area contributed by atoms with E-state index in [4.69, 9.17) is 5.11 Å². The van der Waals surface area contributed by atoms with Gasteiger partial charge in [0.2, 0.25) is 5.91 Å². The minimum atomic E-state index is -4.61. The summed E-state index contributed by atoms with van der Waals surface area (Å²) < 4.78 is 41.5. The van der Waals surface area contributed by atoms with Gasteiger partial charge in [-0.25, -0.2) is 0 Å². The molecule has 0 radical (unpaired) electrons. The number of nitrogens with zero attached hydrogens (tertiary/aromatic N) is 1.